The highest BCUT2D eigenvalue weighted by atomic mass is 16.1. The molecule has 2 rings (SSSR count). The number of hydrogen-bond donors (Lipinski definition) is 3. The van der Waals surface area contributed by atoms with Crippen LogP contribution in [0.5, 0.6) is 0 Å². The summed E-state index contributed by atoms with van der Waals surface area (Å²) < 4.78 is 0. The highest BCUT2D eigenvalue weighted by Crippen LogP contribution is 2.10. The van der Waals surface area contributed by atoms with E-state index in [-0.39, 0.29) is 11.9 Å². The molecule has 0 aliphatic heterocycles. The van der Waals surface area contributed by atoms with Gasteiger partial charge in [-0.15, -0.1) is 0 Å². The number of amides is 1. The Morgan fingerprint density at radius 3 is 2.88 bits per heavy atom. The minimum atomic E-state index is -0.237. The van der Waals surface area contributed by atoms with Gasteiger partial charge in [-0.25, -0.2) is 4.98 Å². The van der Waals surface area contributed by atoms with Crippen LogP contribution in [0.1, 0.15) is 29.0 Å². The Kier molecular flexibility index (Phi) is 3.04. The van der Waals surface area contributed by atoms with Crippen LogP contribution in [0.3, 0.4) is 0 Å². The van der Waals surface area contributed by atoms with Gasteiger partial charge in [0.15, 0.2) is 0 Å². The lowest BCUT2D eigenvalue weighted by molar-refractivity contribution is 0.0935. The van der Waals surface area contributed by atoms with Gasteiger partial charge in [0, 0.05) is 11.8 Å². The van der Waals surface area contributed by atoms with E-state index in [1.54, 1.807) is 24.5 Å². The number of carbonyl (C=O) groups is 1. The normalized spacial score (nSPS) is 12.1. The van der Waals surface area contributed by atoms with Crippen LogP contribution in [0.15, 0.2) is 30.7 Å². The molecule has 2 aromatic rings. The maximum Gasteiger partial charge on any atom is 0.270 e. The molecular formula is C11H13N5O. The summed E-state index contributed by atoms with van der Waals surface area (Å²) in [6.45, 7) is 1.88. The molecule has 0 saturated heterocycles. The number of anilines is 1. The predicted molar refractivity (Wildman–Crippen MR) is 63.1 cm³/mol. The quantitative estimate of drug-likeness (QED) is 0.730. The first-order valence-electron chi connectivity index (χ1n) is 5.18. The van der Waals surface area contributed by atoms with Crippen molar-refractivity contribution in [2.75, 3.05) is 5.73 Å². The number of nitrogen functional groups attached to an aromatic ring is 1. The third kappa shape index (κ3) is 2.60. The standard InChI is InChI=1S/C11H13N5O/c1-7(8-4-14-15-5-8)16-11(17)10-3-2-9(12)6-13-10/h2-7H,12H2,1H3,(H,14,15)(H,16,17). The highest BCUT2D eigenvalue weighted by molar-refractivity contribution is 5.92. The first-order chi connectivity index (χ1) is 8.16. The lowest BCUT2D eigenvalue weighted by Gasteiger charge is -2.11. The molecular weight excluding hydrogens is 218 g/mol. The zero-order valence-corrected chi connectivity index (χ0v) is 9.34. The van der Waals surface area contributed by atoms with Crippen molar-refractivity contribution in [3.05, 3.63) is 42.0 Å². The Morgan fingerprint density at radius 1 is 1.47 bits per heavy atom. The van der Waals surface area contributed by atoms with Crippen LogP contribution >= 0.6 is 0 Å². The van der Waals surface area contributed by atoms with Crippen LogP contribution in [0.25, 0.3) is 0 Å². The number of aromatic nitrogens is 3. The van der Waals surface area contributed by atoms with E-state index in [9.17, 15) is 4.79 Å². The summed E-state index contributed by atoms with van der Waals surface area (Å²) in [4.78, 5) is 15.8. The third-order valence-electron chi connectivity index (χ3n) is 2.39. The van der Waals surface area contributed by atoms with Gasteiger partial charge in [0.2, 0.25) is 0 Å². The summed E-state index contributed by atoms with van der Waals surface area (Å²) in [6.07, 6.45) is 4.86. The van der Waals surface area contributed by atoms with Gasteiger partial charge in [-0.3, -0.25) is 9.89 Å². The molecule has 1 amide bonds. The Balaban J connectivity index is 2.04. The van der Waals surface area contributed by atoms with Crippen molar-refractivity contribution in [3.8, 4) is 0 Å². The van der Waals surface area contributed by atoms with E-state index in [0.717, 1.165) is 5.56 Å². The molecule has 88 valence electrons. The van der Waals surface area contributed by atoms with Gasteiger partial charge in [-0.05, 0) is 19.1 Å². The molecule has 0 aromatic carbocycles. The lowest BCUT2D eigenvalue weighted by Crippen LogP contribution is -2.27. The number of nitrogens with one attached hydrogen (secondary N) is 2. The summed E-state index contributed by atoms with van der Waals surface area (Å²) in [5, 5.41) is 9.34. The largest absolute Gasteiger partial charge is 0.397 e. The fraction of sp³-hybridized carbons (Fsp3) is 0.182. The molecule has 6 heteroatoms. The molecule has 17 heavy (non-hydrogen) atoms. The monoisotopic (exact) mass is 231 g/mol. The number of nitrogens with two attached hydrogens (primary N) is 1. The number of H-pyrrole nitrogens is 1. The van der Waals surface area contributed by atoms with Crippen molar-refractivity contribution in [1.82, 2.24) is 20.5 Å². The first-order valence-corrected chi connectivity index (χ1v) is 5.18. The number of hydrogen-bond acceptors (Lipinski definition) is 4. The molecule has 6 nitrogen and oxygen atoms in total. The topological polar surface area (TPSA) is 96.7 Å². The van der Waals surface area contributed by atoms with Gasteiger partial charge in [-0.1, -0.05) is 0 Å². The molecule has 2 aromatic heterocycles. The summed E-state index contributed by atoms with van der Waals surface area (Å²) in [5.74, 6) is -0.237. The van der Waals surface area contributed by atoms with Crippen molar-refractivity contribution in [2.24, 2.45) is 0 Å². The van der Waals surface area contributed by atoms with E-state index >= 15 is 0 Å². The molecule has 0 radical (unpaired) electrons. The molecule has 4 N–H and O–H groups in total. The third-order valence-corrected chi connectivity index (χ3v) is 2.39. The second-order valence-corrected chi connectivity index (χ2v) is 3.70. The van der Waals surface area contributed by atoms with Crippen LogP contribution in [0.2, 0.25) is 0 Å². The van der Waals surface area contributed by atoms with Crippen LogP contribution in [0.4, 0.5) is 5.69 Å². The fourth-order valence-electron chi connectivity index (χ4n) is 1.39. The predicted octanol–water partition coefficient (Wildman–Crippen LogP) is 0.878. The zero-order valence-electron chi connectivity index (χ0n) is 9.34. The van der Waals surface area contributed by atoms with Crippen molar-refractivity contribution >= 4 is 11.6 Å². The van der Waals surface area contributed by atoms with Crippen LogP contribution in [0, 0.1) is 0 Å². The van der Waals surface area contributed by atoms with Crippen LogP contribution in [-0.2, 0) is 0 Å². The second-order valence-electron chi connectivity index (χ2n) is 3.70. The van der Waals surface area contributed by atoms with Gasteiger partial charge < -0.3 is 11.1 Å². The molecule has 0 aliphatic rings. The molecule has 1 atom stereocenters. The minimum absolute atomic E-state index is 0.124. The van der Waals surface area contributed by atoms with Gasteiger partial charge in [0.1, 0.15) is 5.69 Å². The molecule has 0 aliphatic carbocycles. The van der Waals surface area contributed by atoms with E-state index in [2.05, 4.69) is 20.5 Å². The SMILES string of the molecule is CC(NC(=O)c1ccc(N)cn1)c1cn[nH]c1. The Labute approximate surface area is 98.3 Å². The second kappa shape index (κ2) is 4.65. The average molecular weight is 231 g/mol. The Bertz CT molecular complexity index is 491. The summed E-state index contributed by atoms with van der Waals surface area (Å²) in [5.41, 5.74) is 7.28. The van der Waals surface area contributed by atoms with Gasteiger partial charge in [0.25, 0.3) is 5.91 Å². The molecule has 0 saturated carbocycles. The number of carbonyl (C=O) groups excluding carboxylic acids is 1. The van der Waals surface area contributed by atoms with Crippen molar-refractivity contribution in [3.63, 3.8) is 0 Å². The van der Waals surface area contributed by atoms with Gasteiger partial charge >= 0.3 is 0 Å². The Morgan fingerprint density at radius 2 is 2.29 bits per heavy atom. The summed E-state index contributed by atoms with van der Waals surface area (Å²) in [7, 11) is 0. The van der Waals surface area contributed by atoms with E-state index in [1.165, 1.54) is 6.20 Å². The van der Waals surface area contributed by atoms with Crippen molar-refractivity contribution < 1.29 is 4.79 Å². The van der Waals surface area contributed by atoms with E-state index in [0.29, 0.717) is 11.4 Å². The summed E-state index contributed by atoms with van der Waals surface area (Å²) in [6, 6.07) is 3.11. The number of aromatic amines is 1. The number of rotatable bonds is 3. The molecule has 0 fully saturated rings. The first kappa shape index (κ1) is 11.1. The van der Waals surface area contributed by atoms with Crippen LogP contribution in [-0.4, -0.2) is 21.1 Å². The molecule has 2 heterocycles. The number of nitrogens with zero attached hydrogens (tertiary/aromatic N) is 2. The van der Waals surface area contributed by atoms with Gasteiger partial charge in [-0.2, -0.15) is 5.10 Å². The maximum absolute atomic E-state index is 11.8. The minimum Gasteiger partial charge on any atom is -0.397 e. The van der Waals surface area contributed by atoms with E-state index in [4.69, 9.17) is 5.73 Å². The molecule has 1 unspecified atom stereocenters. The summed E-state index contributed by atoms with van der Waals surface area (Å²) >= 11 is 0. The highest BCUT2D eigenvalue weighted by Gasteiger charge is 2.12. The maximum atomic E-state index is 11.8. The average Bonchev–Trinajstić information content (AvgIpc) is 2.83. The van der Waals surface area contributed by atoms with Crippen LogP contribution < -0.4 is 11.1 Å². The lowest BCUT2D eigenvalue weighted by atomic mass is 10.2. The van der Waals surface area contributed by atoms with Crippen molar-refractivity contribution in [1.29, 1.82) is 0 Å². The van der Waals surface area contributed by atoms with Gasteiger partial charge in [0.05, 0.1) is 24.1 Å². The Hall–Kier alpha value is -2.37. The molecule has 0 bridgehead atoms. The van der Waals surface area contributed by atoms with E-state index < -0.39 is 0 Å². The fourth-order valence-corrected chi connectivity index (χ4v) is 1.39. The van der Waals surface area contributed by atoms with E-state index in [1.807, 2.05) is 6.92 Å². The van der Waals surface area contributed by atoms with Crippen molar-refractivity contribution in [2.45, 2.75) is 13.0 Å². The number of pyridine rings is 1. The smallest absolute Gasteiger partial charge is 0.270 e. The molecule has 0 spiro atoms. The zero-order chi connectivity index (χ0) is 12.3.